The Hall–Kier alpha value is -2.28. The first-order chi connectivity index (χ1) is 13.7. The zero-order valence-corrected chi connectivity index (χ0v) is 18.0. The van der Waals surface area contributed by atoms with Gasteiger partial charge in [0.2, 0.25) is 0 Å². The van der Waals surface area contributed by atoms with Crippen molar-refractivity contribution >= 4 is 23.0 Å². The van der Waals surface area contributed by atoms with Gasteiger partial charge in [-0.1, -0.05) is 12.1 Å². The molecule has 1 aromatic carbocycles. The molecular formula is C21H31N5OS. The van der Waals surface area contributed by atoms with E-state index in [1.807, 2.05) is 19.2 Å². The van der Waals surface area contributed by atoms with Crippen LogP contribution in [0.2, 0.25) is 0 Å². The minimum absolute atomic E-state index is 0.939. The number of para-hydroxylation sites is 2. The van der Waals surface area contributed by atoms with E-state index in [0.717, 1.165) is 69.4 Å². The molecule has 0 aliphatic carbocycles. The molecule has 28 heavy (non-hydrogen) atoms. The van der Waals surface area contributed by atoms with Crippen molar-refractivity contribution < 1.29 is 4.74 Å². The number of unbranched alkanes of at least 4 members (excludes halogenated alkanes) is 1. The van der Waals surface area contributed by atoms with Crippen molar-refractivity contribution in [2.45, 2.75) is 26.2 Å². The largest absolute Gasteiger partial charge is 0.495 e. The number of aryl methyl sites for hydroxylation is 2. The molecule has 3 rings (SSSR count). The van der Waals surface area contributed by atoms with Crippen LogP contribution in [0.3, 0.4) is 0 Å². The lowest BCUT2D eigenvalue weighted by molar-refractivity contribution is 0.367. The molecule has 2 aromatic rings. The van der Waals surface area contributed by atoms with Gasteiger partial charge in [0.1, 0.15) is 5.75 Å². The molecule has 1 aromatic heterocycles. The molecule has 2 heterocycles. The van der Waals surface area contributed by atoms with Gasteiger partial charge in [-0.25, -0.2) is 4.98 Å². The second-order valence-corrected chi connectivity index (χ2v) is 7.90. The van der Waals surface area contributed by atoms with E-state index in [0.29, 0.717) is 0 Å². The van der Waals surface area contributed by atoms with E-state index in [2.05, 4.69) is 49.5 Å². The van der Waals surface area contributed by atoms with E-state index in [1.165, 1.54) is 10.7 Å². The molecule has 0 radical (unpaired) electrons. The SMILES string of the molecule is CN=C(NCCCCc1nc(C)cs1)N1CCN(c2ccccc2OC)CC1. The summed E-state index contributed by atoms with van der Waals surface area (Å²) in [7, 11) is 3.60. The molecule has 0 saturated carbocycles. The second-order valence-electron chi connectivity index (χ2n) is 6.96. The second kappa shape index (κ2) is 10.3. The first-order valence-corrected chi connectivity index (χ1v) is 10.8. The number of benzene rings is 1. The third-order valence-corrected chi connectivity index (χ3v) is 6.01. The topological polar surface area (TPSA) is 53.0 Å². The van der Waals surface area contributed by atoms with Gasteiger partial charge >= 0.3 is 0 Å². The molecule has 1 aliphatic rings. The Bertz CT molecular complexity index is 768. The monoisotopic (exact) mass is 401 g/mol. The predicted molar refractivity (Wildman–Crippen MR) is 118 cm³/mol. The molecule has 6 nitrogen and oxygen atoms in total. The van der Waals surface area contributed by atoms with Crippen LogP contribution in [0.5, 0.6) is 5.75 Å². The summed E-state index contributed by atoms with van der Waals surface area (Å²) in [5.74, 6) is 1.94. The fourth-order valence-electron chi connectivity index (χ4n) is 3.50. The average Bonchev–Trinajstić information content (AvgIpc) is 3.16. The number of ether oxygens (including phenoxy) is 1. The molecule has 152 valence electrons. The molecule has 1 fully saturated rings. The molecule has 0 spiro atoms. The number of guanidine groups is 1. The summed E-state index contributed by atoms with van der Waals surface area (Å²) in [6.45, 7) is 6.84. The molecule has 7 heteroatoms. The molecule has 0 bridgehead atoms. The lowest BCUT2D eigenvalue weighted by Gasteiger charge is -2.38. The van der Waals surface area contributed by atoms with Crippen LogP contribution in [0.15, 0.2) is 34.6 Å². The van der Waals surface area contributed by atoms with Crippen LogP contribution in [0, 0.1) is 6.92 Å². The van der Waals surface area contributed by atoms with E-state index in [1.54, 1.807) is 18.4 Å². The minimum Gasteiger partial charge on any atom is -0.495 e. The van der Waals surface area contributed by atoms with E-state index in [9.17, 15) is 0 Å². The number of hydrogen-bond acceptors (Lipinski definition) is 5. The summed E-state index contributed by atoms with van der Waals surface area (Å²) in [4.78, 5) is 13.7. The Kier molecular flexibility index (Phi) is 7.54. The van der Waals surface area contributed by atoms with Crippen molar-refractivity contribution in [3.63, 3.8) is 0 Å². The summed E-state index contributed by atoms with van der Waals surface area (Å²) in [6, 6.07) is 8.23. The van der Waals surface area contributed by atoms with E-state index in [-0.39, 0.29) is 0 Å². The third kappa shape index (κ3) is 5.38. The third-order valence-electron chi connectivity index (χ3n) is 4.98. The van der Waals surface area contributed by atoms with Crippen molar-refractivity contribution in [3.05, 3.63) is 40.3 Å². The van der Waals surface area contributed by atoms with Gasteiger partial charge in [-0.15, -0.1) is 11.3 Å². The van der Waals surface area contributed by atoms with Gasteiger partial charge in [-0.3, -0.25) is 4.99 Å². The summed E-state index contributed by atoms with van der Waals surface area (Å²) in [5.41, 5.74) is 2.30. The van der Waals surface area contributed by atoms with Crippen molar-refractivity contribution in [1.82, 2.24) is 15.2 Å². The van der Waals surface area contributed by atoms with Crippen molar-refractivity contribution in [2.24, 2.45) is 4.99 Å². The highest BCUT2D eigenvalue weighted by molar-refractivity contribution is 7.09. The number of aliphatic imine (C=N–C) groups is 1. The predicted octanol–water partition coefficient (Wildman–Crippen LogP) is 3.18. The maximum Gasteiger partial charge on any atom is 0.193 e. The summed E-state index contributed by atoms with van der Waals surface area (Å²) in [6.07, 6.45) is 3.34. The van der Waals surface area contributed by atoms with Crippen molar-refractivity contribution in [1.29, 1.82) is 0 Å². The summed E-state index contributed by atoms with van der Waals surface area (Å²) >= 11 is 1.76. The number of nitrogens with zero attached hydrogens (tertiary/aromatic N) is 4. The first kappa shape index (κ1) is 20.5. The quantitative estimate of drug-likeness (QED) is 0.439. The molecule has 0 amide bonds. The number of nitrogens with one attached hydrogen (secondary N) is 1. The van der Waals surface area contributed by atoms with Crippen LogP contribution in [0.1, 0.15) is 23.5 Å². The smallest absolute Gasteiger partial charge is 0.193 e. The number of methoxy groups -OCH3 is 1. The Morgan fingerprint density at radius 1 is 1.21 bits per heavy atom. The van der Waals surface area contributed by atoms with Gasteiger partial charge < -0.3 is 19.9 Å². The lowest BCUT2D eigenvalue weighted by atomic mass is 10.2. The number of piperazine rings is 1. The maximum absolute atomic E-state index is 5.51. The summed E-state index contributed by atoms with van der Waals surface area (Å²) < 4.78 is 5.51. The number of thiazole rings is 1. The summed E-state index contributed by atoms with van der Waals surface area (Å²) in [5, 5.41) is 6.89. The highest BCUT2D eigenvalue weighted by Gasteiger charge is 2.21. The first-order valence-electron chi connectivity index (χ1n) is 9.96. The van der Waals surface area contributed by atoms with E-state index >= 15 is 0 Å². The standard InChI is InChI=1S/C21H31N5OS/c1-17-16-28-20(24-17)10-6-7-11-23-21(22-2)26-14-12-25(13-15-26)18-8-4-5-9-19(18)27-3/h4-5,8-9,16H,6-7,10-15H2,1-3H3,(H,22,23). The van der Waals surface area contributed by atoms with Gasteiger partial charge in [0.05, 0.1) is 17.8 Å². The highest BCUT2D eigenvalue weighted by Crippen LogP contribution is 2.28. The molecule has 0 atom stereocenters. The van der Waals surface area contributed by atoms with Crippen molar-refractivity contribution in [2.75, 3.05) is 51.8 Å². The average molecular weight is 402 g/mol. The van der Waals surface area contributed by atoms with Gasteiger partial charge in [0.15, 0.2) is 5.96 Å². The minimum atomic E-state index is 0.939. The lowest BCUT2D eigenvalue weighted by Crippen LogP contribution is -2.52. The molecule has 1 aliphatic heterocycles. The van der Waals surface area contributed by atoms with Gasteiger partial charge in [0.25, 0.3) is 0 Å². The van der Waals surface area contributed by atoms with Gasteiger partial charge in [-0.2, -0.15) is 0 Å². The maximum atomic E-state index is 5.51. The molecule has 1 saturated heterocycles. The van der Waals surface area contributed by atoms with Crippen molar-refractivity contribution in [3.8, 4) is 5.75 Å². The van der Waals surface area contributed by atoms with Crippen LogP contribution in [0.25, 0.3) is 0 Å². The van der Waals surface area contributed by atoms with Crippen LogP contribution in [-0.4, -0.2) is 62.7 Å². The zero-order valence-electron chi connectivity index (χ0n) is 17.1. The number of anilines is 1. The van der Waals surface area contributed by atoms with Crippen LogP contribution < -0.4 is 15.0 Å². The van der Waals surface area contributed by atoms with Crippen LogP contribution in [-0.2, 0) is 6.42 Å². The van der Waals surface area contributed by atoms with E-state index in [4.69, 9.17) is 4.74 Å². The number of aromatic nitrogens is 1. The Balaban J connectivity index is 1.41. The van der Waals surface area contributed by atoms with Gasteiger partial charge in [-0.05, 0) is 38.3 Å². The zero-order chi connectivity index (χ0) is 19.8. The molecule has 0 unspecified atom stereocenters. The van der Waals surface area contributed by atoms with E-state index < -0.39 is 0 Å². The van der Waals surface area contributed by atoms with Crippen LogP contribution >= 0.6 is 11.3 Å². The van der Waals surface area contributed by atoms with Crippen LogP contribution in [0.4, 0.5) is 5.69 Å². The fourth-order valence-corrected chi connectivity index (χ4v) is 4.32. The number of rotatable bonds is 7. The number of hydrogen-bond donors (Lipinski definition) is 1. The highest BCUT2D eigenvalue weighted by atomic mass is 32.1. The van der Waals surface area contributed by atoms with Gasteiger partial charge in [0, 0.05) is 50.8 Å². The molecular weight excluding hydrogens is 370 g/mol. The Labute approximate surface area is 172 Å². The normalized spacial score (nSPS) is 15.0. The Morgan fingerprint density at radius 2 is 2.00 bits per heavy atom. The fraction of sp³-hybridized carbons (Fsp3) is 0.524. The molecule has 1 N–H and O–H groups in total. The Morgan fingerprint density at radius 3 is 2.68 bits per heavy atom.